The molecule has 5 rings (SSSR count). The van der Waals surface area contributed by atoms with Gasteiger partial charge in [-0.05, 0) is 85.7 Å². The average molecular weight is 823 g/mol. The summed E-state index contributed by atoms with van der Waals surface area (Å²) in [6, 6.07) is 23.1. The zero-order chi connectivity index (χ0) is 43.8. The second kappa shape index (κ2) is 20.2. The van der Waals surface area contributed by atoms with Crippen molar-refractivity contribution < 1.29 is 24.0 Å². The first-order chi connectivity index (χ1) is 28.5. The third-order valence-electron chi connectivity index (χ3n) is 11.9. The molecule has 0 aromatic heterocycles. The number of carbonyl (C=O) groups excluding carboxylic acids is 5. The highest BCUT2D eigenvalue weighted by Crippen LogP contribution is 2.35. The second-order valence-corrected chi connectivity index (χ2v) is 17.3. The minimum atomic E-state index is -0.846. The molecule has 4 N–H and O–H groups in total. The Morgan fingerprint density at radius 3 is 1.65 bits per heavy atom. The zero-order valence-corrected chi connectivity index (χ0v) is 37.0. The fraction of sp³-hybridized carbons (Fsp3) is 0.511. The number of amides is 4. The van der Waals surface area contributed by atoms with Crippen LogP contribution >= 0.6 is 0 Å². The molecule has 0 aliphatic carbocycles. The fourth-order valence-electron chi connectivity index (χ4n) is 8.22. The second-order valence-electron chi connectivity index (χ2n) is 17.3. The summed E-state index contributed by atoms with van der Waals surface area (Å²) in [6.45, 7) is 11.4. The standard InChI is InChI=1S/C47H66N8O5/c1-30(2)43(50-45(58)40-11-10-24-55(40)47(60)33(5)49-44(57)32(4)48)41(56)29-31(3)46(59)54-27-25-53(26-28-54)39-22-16-36(17-23-39)42(34-12-18-37(19-13-34)51(6)7)35-14-20-38(21-15-35)52(8)9/h12-23,30-33,40,42-43H,10-11,24-29,48H2,1-9H3,(H,49,57)(H,50,58). The van der Waals surface area contributed by atoms with Gasteiger partial charge in [-0.25, -0.2) is 0 Å². The number of carbonyl (C=O) groups is 5. The molecule has 3 aromatic rings. The molecule has 60 heavy (non-hydrogen) atoms. The van der Waals surface area contributed by atoms with Crippen LogP contribution in [-0.2, 0) is 24.0 Å². The van der Waals surface area contributed by atoms with Crippen LogP contribution in [0.3, 0.4) is 0 Å². The van der Waals surface area contributed by atoms with Crippen LogP contribution in [0.5, 0.6) is 0 Å². The molecule has 0 spiro atoms. The van der Waals surface area contributed by atoms with E-state index in [-0.39, 0.29) is 35.9 Å². The van der Waals surface area contributed by atoms with E-state index in [9.17, 15) is 24.0 Å². The van der Waals surface area contributed by atoms with Gasteiger partial charge in [-0.1, -0.05) is 57.2 Å². The number of Topliss-reactive ketones (excluding diaryl/α,β-unsaturated/α-hetero) is 1. The molecule has 0 saturated carbocycles. The van der Waals surface area contributed by atoms with Gasteiger partial charge in [0, 0.05) is 96.2 Å². The van der Waals surface area contributed by atoms with Crippen molar-refractivity contribution in [3.05, 3.63) is 89.5 Å². The Hall–Kier alpha value is -5.43. The number of likely N-dealkylation sites (tertiary alicyclic amines) is 1. The van der Waals surface area contributed by atoms with Crippen LogP contribution in [0.1, 0.15) is 76.5 Å². The van der Waals surface area contributed by atoms with E-state index in [4.69, 9.17) is 5.73 Å². The predicted octanol–water partition coefficient (Wildman–Crippen LogP) is 4.23. The van der Waals surface area contributed by atoms with Gasteiger partial charge in [0.2, 0.25) is 23.6 Å². The summed E-state index contributed by atoms with van der Waals surface area (Å²) < 4.78 is 0. The van der Waals surface area contributed by atoms with E-state index < -0.39 is 41.9 Å². The maximum absolute atomic E-state index is 13.7. The van der Waals surface area contributed by atoms with Crippen molar-refractivity contribution in [1.29, 1.82) is 0 Å². The molecule has 4 amide bonds. The molecule has 0 radical (unpaired) electrons. The molecule has 2 heterocycles. The van der Waals surface area contributed by atoms with E-state index in [1.807, 2.05) is 46.9 Å². The fourth-order valence-corrected chi connectivity index (χ4v) is 8.22. The van der Waals surface area contributed by atoms with Crippen molar-refractivity contribution in [3.8, 4) is 0 Å². The Morgan fingerprint density at radius 1 is 0.683 bits per heavy atom. The predicted molar refractivity (Wildman–Crippen MR) is 239 cm³/mol. The lowest BCUT2D eigenvalue weighted by Crippen LogP contribution is -2.56. The van der Waals surface area contributed by atoms with Gasteiger partial charge in [0.05, 0.1) is 12.1 Å². The lowest BCUT2D eigenvalue weighted by Gasteiger charge is -2.37. The largest absolute Gasteiger partial charge is 0.378 e. The number of nitrogens with zero attached hydrogens (tertiary/aromatic N) is 5. The number of nitrogens with one attached hydrogen (secondary N) is 2. The van der Waals surface area contributed by atoms with Crippen LogP contribution < -0.4 is 31.1 Å². The SMILES string of the molecule is CC(N)C(=O)NC(C)C(=O)N1CCCC1C(=O)NC(C(=O)CC(C)C(=O)N1CCN(c2ccc(C(c3ccc(N(C)C)cc3)c3ccc(N(C)C)cc3)cc2)CC1)C(C)C. The molecule has 2 saturated heterocycles. The summed E-state index contributed by atoms with van der Waals surface area (Å²) in [5, 5.41) is 5.51. The topological polar surface area (TPSA) is 152 Å². The number of nitrogens with two attached hydrogens (primary N) is 1. The third-order valence-corrected chi connectivity index (χ3v) is 11.9. The molecule has 0 bridgehead atoms. The highest BCUT2D eigenvalue weighted by molar-refractivity contribution is 5.96. The van der Waals surface area contributed by atoms with E-state index in [2.05, 4.69) is 98.1 Å². The molecule has 13 nitrogen and oxygen atoms in total. The maximum atomic E-state index is 13.7. The van der Waals surface area contributed by atoms with Crippen LogP contribution in [-0.4, -0.2) is 124 Å². The zero-order valence-electron chi connectivity index (χ0n) is 37.0. The molecule has 3 aromatic carbocycles. The number of hydrogen-bond donors (Lipinski definition) is 3. The quantitative estimate of drug-likeness (QED) is 0.181. The van der Waals surface area contributed by atoms with Crippen LogP contribution in [0.4, 0.5) is 17.1 Å². The van der Waals surface area contributed by atoms with E-state index in [1.54, 1.807) is 13.8 Å². The third kappa shape index (κ3) is 11.0. The molecule has 324 valence electrons. The molecule has 5 atom stereocenters. The molecular formula is C47H66N8O5. The molecular weight excluding hydrogens is 757 g/mol. The monoisotopic (exact) mass is 823 g/mol. The lowest BCUT2D eigenvalue weighted by atomic mass is 9.85. The summed E-state index contributed by atoms with van der Waals surface area (Å²) in [5.74, 6) is -2.25. The summed E-state index contributed by atoms with van der Waals surface area (Å²) in [5.41, 5.74) is 12.7. The summed E-state index contributed by atoms with van der Waals surface area (Å²) in [6.07, 6.45) is 1.07. The van der Waals surface area contributed by atoms with E-state index in [0.717, 1.165) is 17.1 Å². The van der Waals surface area contributed by atoms with Crippen molar-refractivity contribution in [2.45, 2.75) is 84.0 Å². The highest BCUT2D eigenvalue weighted by Gasteiger charge is 2.39. The average Bonchev–Trinajstić information content (AvgIpc) is 3.73. The normalized spacial score (nSPS) is 17.5. The van der Waals surface area contributed by atoms with Gasteiger partial charge in [-0.2, -0.15) is 0 Å². The Labute approximate surface area is 356 Å². The van der Waals surface area contributed by atoms with Crippen molar-refractivity contribution in [1.82, 2.24) is 20.4 Å². The van der Waals surface area contributed by atoms with E-state index >= 15 is 0 Å². The van der Waals surface area contributed by atoms with Crippen molar-refractivity contribution in [3.63, 3.8) is 0 Å². The number of ketones is 1. The van der Waals surface area contributed by atoms with Gasteiger partial charge in [0.15, 0.2) is 5.78 Å². The first-order valence-corrected chi connectivity index (χ1v) is 21.3. The first-order valence-electron chi connectivity index (χ1n) is 21.3. The molecule has 13 heteroatoms. The van der Waals surface area contributed by atoms with Crippen molar-refractivity contribution in [2.75, 3.05) is 75.6 Å². The van der Waals surface area contributed by atoms with Gasteiger partial charge in [-0.15, -0.1) is 0 Å². The Bertz CT molecular complexity index is 1890. The Morgan fingerprint density at radius 2 is 1.18 bits per heavy atom. The van der Waals surface area contributed by atoms with Gasteiger partial charge in [0.1, 0.15) is 12.1 Å². The summed E-state index contributed by atoms with van der Waals surface area (Å²) in [7, 11) is 8.19. The maximum Gasteiger partial charge on any atom is 0.245 e. The lowest BCUT2D eigenvalue weighted by molar-refractivity contribution is -0.142. The van der Waals surface area contributed by atoms with E-state index in [1.165, 1.54) is 28.5 Å². The van der Waals surface area contributed by atoms with Gasteiger partial charge >= 0.3 is 0 Å². The van der Waals surface area contributed by atoms with Crippen LogP contribution in [0, 0.1) is 11.8 Å². The number of rotatable bonds is 16. The molecule has 2 aliphatic heterocycles. The number of anilines is 3. The Kier molecular flexibility index (Phi) is 15.4. The summed E-state index contributed by atoms with van der Waals surface area (Å²) >= 11 is 0. The molecule has 2 fully saturated rings. The number of hydrogen-bond acceptors (Lipinski definition) is 9. The van der Waals surface area contributed by atoms with Crippen LogP contribution in [0.15, 0.2) is 72.8 Å². The van der Waals surface area contributed by atoms with Crippen molar-refractivity contribution >= 4 is 46.5 Å². The Balaban J connectivity index is 1.17. The van der Waals surface area contributed by atoms with Crippen LogP contribution in [0.25, 0.3) is 0 Å². The minimum absolute atomic E-state index is 0.00576. The highest BCUT2D eigenvalue weighted by atomic mass is 16.2. The smallest absolute Gasteiger partial charge is 0.245 e. The van der Waals surface area contributed by atoms with Gasteiger partial charge in [-0.3, -0.25) is 24.0 Å². The first kappa shape index (κ1) is 45.7. The number of benzene rings is 3. The molecule has 2 aliphatic rings. The van der Waals surface area contributed by atoms with Gasteiger partial charge < -0.3 is 40.9 Å². The van der Waals surface area contributed by atoms with Crippen LogP contribution in [0.2, 0.25) is 0 Å². The van der Waals surface area contributed by atoms with Crippen molar-refractivity contribution in [2.24, 2.45) is 17.6 Å². The number of piperazine rings is 1. The van der Waals surface area contributed by atoms with E-state index in [0.29, 0.717) is 45.6 Å². The van der Waals surface area contributed by atoms with Gasteiger partial charge in [0.25, 0.3) is 0 Å². The summed E-state index contributed by atoms with van der Waals surface area (Å²) in [4.78, 5) is 76.0. The minimum Gasteiger partial charge on any atom is -0.378 e. The molecule has 5 unspecified atom stereocenters.